The van der Waals surface area contributed by atoms with E-state index in [1.807, 2.05) is 12.3 Å². The van der Waals surface area contributed by atoms with Crippen LogP contribution >= 0.6 is 0 Å². The molecule has 1 aromatic rings. The topological polar surface area (TPSA) is 93.5 Å². The average Bonchev–Trinajstić information content (AvgIpc) is 3.16. The number of hydrogen-bond acceptors (Lipinski definition) is 6. The van der Waals surface area contributed by atoms with Crippen molar-refractivity contribution in [2.24, 2.45) is 0 Å². The number of ether oxygens (including phenoxy) is 1. The third kappa shape index (κ3) is 5.02. The second-order valence-electron chi connectivity index (χ2n) is 6.31. The van der Waals surface area contributed by atoms with Gasteiger partial charge in [-0.3, -0.25) is 9.48 Å². The number of carbonyl (C=O) groups is 1. The highest BCUT2D eigenvalue weighted by Crippen LogP contribution is 2.30. The predicted molar refractivity (Wildman–Crippen MR) is 95.1 cm³/mol. The van der Waals surface area contributed by atoms with Crippen molar-refractivity contribution in [3.8, 4) is 0 Å². The Morgan fingerprint density at radius 1 is 1.36 bits per heavy atom. The van der Waals surface area contributed by atoms with Crippen LogP contribution in [0.3, 0.4) is 0 Å². The number of sulfone groups is 1. The van der Waals surface area contributed by atoms with Crippen LogP contribution in [0.2, 0.25) is 0 Å². The van der Waals surface area contributed by atoms with Gasteiger partial charge in [0.05, 0.1) is 12.4 Å². The van der Waals surface area contributed by atoms with Crippen molar-refractivity contribution < 1.29 is 17.9 Å². The van der Waals surface area contributed by atoms with Crippen LogP contribution in [0.1, 0.15) is 19.8 Å². The molecule has 0 aliphatic carbocycles. The Hall–Kier alpha value is -1.45. The van der Waals surface area contributed by atoms with Crippen LogP contribution in [0.25, 0.3) is 0 Å². The van der Waals surface area contributed by atoms with E-state index in [9.17, 15) is 13.2 Å². The van der Waals surface area contributed by atoms with Gasteiger partial charge in [0.1, 0.15) is 5.54 Å². The van der Waals surface area contributed by atoms with E-state index in [0.29, 0.717) is 45.6 Å². The fourth-order valence-corrected chi connectivity index (χ4v) is 3.90. The van der Waals surface area contributed by atoms with Gasteiger partial charge in [0, 0.05) is 51.4 Å². The summed E-state index contributed by atoms with van der Waals surface area (Å²) in [5.74, 6) is 0.271. The van der Waals surface area contributed by atoms with E-state index in [-0.39, 0.29) is 17.4 Å². The lowest BCUT2D eigenvalue weighted by atomic mass is 9.86. The van der Waals surface area contributed by atoms with Gasteiger partial charge in [-0.05, 0) is 18.9 Å². The first-order valence-electron chi connectivity index (χ1n) is 8.63. The summed E-state index contributed by atoms with van der Waals surface area (Å²) in [6.07, 6.45) is 4.68. The number of methoxy groups -OCH3 is 1. The zero-order valence-electron chi connectivity index (χ0n) is 15.0. The molecule has 1 amide bonds. The van der Waals surface area contributed by atoms with Crippen molar-refractivity contribution in [1.82, 2.24) is 20.0 Å². The number of piperidine rings is 1. The summed E-state index contributed by atoms with van der Waals surface area (Å²) in [5, 5.41) is 7.22. The number of aromatic nitrogens is 2. The summed E-state index contributed by atoms with van der Waals surface area (Å²) in [6.45, 7) is 4.42. The molecular weight excluding hydrogens is 344 g/mol. The van der Waals surface area contributed by atoms with E-state index in [1.165, 1.54) is 0 Å². The van der Waals surface area contributed by atoms with Crippen LogP contribution in [0, 0.1) is 0 Å². The zero-order chi connectivity index (χ0) is 18.3. The first-order chi connectivity index (χ1) is 11.9. The third-order valence-corrected chi connectivity index (χ3v) is 6.48. The first-order valence-corrected chi connectivity index (χ1v) is 10.5. The highest BCUT2D eigenvalue weighted by atomic mass is 32.2. The number of hydrogen-bond donors (Lipinski definition) is 1. The Morgan fingerprint density at radius 2 is 2.08 bits per heavy atom. The van der Waals surface area contributed by atoms with Gasteiger partial charge in [0.2, 0.25) is 5.91 Å². The molecule has 0 aromatic carbocycles. The fourth-order valence-electron chi connectivity index (χ4n) is 3.07. The van der Waals surface area contributed by atoms with Crippen molar-refractivity contribution in [2.75, 3.05) is 51.4 Å². The molecule has 0 spiro atoms. The van der Waals surface area contributed by atoms with E-state index >= 15 is 0 Å². The molecule has 0 unspecified atom stereocenters. The van der Waals surface area contributed by atoms with Gasteiger partial charge in [-0.15, -0.1) is 0 Å². The molecule has 0 bridgehead atoms. The Balaban J connectivity index is 2.02. The molecule has 0 saturated carbocycles. The highest BCUT2D eigenvalue weighted by Gasteiger charge is 2.43. The van der Waals surface area contributed by atoms with Crippen LogP contribution in [0.4, 0.5) is 0 Å². The molecule has 1 aromatic heterocycles. The van der Waals surface area contributed by atoms with Gasteiger partial charge in [0.25, 0.3) is 0 Å². The molecule has 1 N–H and O–H groups in total. The smallest absolute Gasteiger partial charge is 0.248 e. The van der Waals surface area contributed by atoms with Gasteiger partial charge in [0.15, 0.2) is 9.84 Å². The second kappa shape index (κ2) is 8.77. The number of nitrogens with one attached hydrogen (secondary N) is 1. The van der Waals surface area contributed by atoms with E-state index in [2.05, 4.69) is 15.3 Å². The van der Waals surface area contributed by atoms with Crippen molar-refractivity contribution in [2.45, 2.75) is 25.3 Å². The maximum Gasteiger partial charge on any atom is 0.248 e. The Kier molecular flexibility index (Phi) is 6.97. The minimum absolute atomic E-state index is 0.0610. The van der Waals surface area contributed by atoms with Gasteiger partial charge < -0.3 is 15.0 Å². The maximum absolute atomic E-state index is 12.8. The van der Waals surface area contributed by atoms with Crippen LogP contribution < -0.4 is 5.32 Å². The predicted octanol–water partition coefficient (Wildman–Crippen LogP) is -0.128. The van der Waals surface area contributed by atoms with E-state index in [1.54, 1.807) is 24.9 Å². The molecule has 9 heteroatoms. The largest absolute Gasteiger partial charge is 0.383 e. The van der Waals surface area contributed by atoms with Gasteiger partial charge in [-0.2, -0.15) is 5.10 Å². The van der Waals surface area contributed by atoms with E-state index in [0.717, 1.165) is 0 Å². The molecule has 142 valence electrons. The quantitative estimate of drug-likeness (QED) is 0.607. The fraction of sp³-hybridized carbons (Fsp3) is 0.750. The molecule has 1 aliphatic rings. The van der Waals surface area contributed by atoms with Crippen LogP contribution in [-0.4, -0.2) is 80.4 Å². The minimum atomic E-state index is -2.97. The molecule has 25 heavy (non-hydrogen) atoms. The van der Waals surface area contributed by atoms with Crippen molar-refractivity contribution in [3.05, 3.63) is 18.5 Å². The molecule has 8 nitrogen and oxygen atoms in total. The molecule has 0 radical (unpaired) electrons. The summed E-state index contributed by atoms with van der Waals surface area (Å²) in [4.78, 5) is 14.9. The second-order valence-corrected chi connectivity index (χ2v) is 8.78. The summed E-state index contributed by atoms with van der Waals surface area (Å²) < 4.78 is 30.1. The van der Waals surface area contributed by atoms with E-state index < -0.39 is 15.4 Å². The first kappa shape index (κ1) is 19.9. The van der Waals surface area contributed by atoms with Gasteiger partial charge >= 0.3 is 0 Å². The Morgan fingerprint density at radius 3 is 2.64 bits per heavy atom. The van der Waals surface area contributed by atoms with Crippen LogP contribution in [0.5, 0.6) is 0 Å². The normalized spacial score (nSPS) is 18.2. The van der Waals surface area contributed by atoms with Crippen molar-refractivity contribution in [3.63, 3.8) is 0 Å². The maximum atomic E-state index is 12.8. The Labute approximate surface area is 149 Å². The number of likely N-dealkylation sites (tertiary alicyclic amines) is 1. The molecule has 1 fully saturated rings. The third-order valence-electron chi connectivity index (χ3n) is 4.80. The Bertz CT molecular complexity index is 637. The zero-order valence-corrected chi connectivity index (χ0v) is 15.8. The molecule has 2 heterocycles. The molecule has 0 atom stereocenters. The van der Waals surface area contributed by atoms with Crippen molar-refractivity contribution in [1.29, 1.82) is 0 Å². The van der Waals surface area contributed by atoms with Crippen LogP contribution in [0.15, 0.2) is 18.5 Å². The summed E-state index contributed by atoms with van der Waals surface area (Å²) in [6, 6.07) is 1.81. The summed E-state index contributed by atoms with van der Waals surface area (Å²) in [5.41, 5.74) is -0.725. The standard InChI is InChI=1S/C16H28N4O4S/c1-3-25(22,23)14-12-19-10-5-16(6-11-19,20-9-4-7-18-20)15(21)17-8-13-24-2/h4,7,9H,3,5-6,8,10-14H2,1-2H3,(H,17,21). The lowest BCUT2D eigenvalue weighted by molar-refractivity contribution is -0.133. The monoisotopic (exact) mass is 372 g/mol. The molecule has 2 rings (SSSR count). The lowest BCUT2D eigenvalue weighted by Gasteiger charge is -2.40. The molecule has 1 saturated heterocycles. The molecule has 1 aliphatic heterocycles. The van der Waals surface area contributed by atoms with E-state index in [4.69, 9.17) is 4.74 Å². The SMILES string of the molecule is CCS(=O)(=O)CCN1CCC(C(=O)NCCOC)(n2cccn2)CC1. The van der Waals surface area contributed by atoms with Gasteiger partial charge in [-0.1, -0.05) is 6.92 Å². The summed E-state index contributed by atoms with van der Waals surface area (Å²) in [7, 11) is -1.38. The number of rotatable bonds is 9. The number of nitrogens with zero attached hydrogens (tertiary/aromatic N) is 3. The van der Waals surface area contributed by atoms with Crippen LogP contribution in [-0.2, 0) is 24.9 Å². The minimum Gasteiger partial charge on any atom is -0.383 e. The van der Waals surface area contributed by atoms with Crippen molar-refractivity contribution >= 4 is 15.7 Å². The lowest BCUT2D eigenvalue weighted by Crippen LogP contribution is -2.56. The highest BCUT2D eigenvalue weighted by molar-refractivity contribution is 7.91. The summed E-state index contributed by atoms with van der Waals surface area (Å²) >= 11 is 0. The number of carbonyl (C=O) groups excluding carboxylic acids is 1. The van der Waals surface area contributed by atoms with Gasteiger partial charge in [-0.25, -0.2) is 8.42 Å². The molecular formula is C16H28N4O4S. The average molecular weight is 372 g/mol. The number of amides is 1.